The maximum absolute atomic E-state index is 4.30. The summed E-state index contributed by atoms with van der Waals surface area (Å²) in [6.07, 6.45) is 0. The average molecular weight is 260 g/mol. The summed E-state index contributed by atoms with van der Waals surface area (Å²) in [7, 11) is 0. The third-order valence-electron chi connectivity index (χ3n) is 2.68. The van der Waals surface area contributed by atoms with E-state index in [2.05, 4.69) is 68.9 Å². The Hall–Kier alpha value is -0.860. The number of thioether (sulfide) groups is 1. The van der Waals surface area contributed by atoms with Crippen LogP contribution in [0.2, 0.25) is 0 Å². The lowest BCUT2D eigenvalue weighted by molar-refractivity contribution is 0.782. The standard InChI is InChI=1S/C15H16S2/c1-15(2,12-6-4-3-5-7-12)17-14-10-8-13(16)9-11-14/h3-11,16H,1-2H3. The molecule has 2 rings (SSSR count). The smallest absolute Gasteiger partial charge is 0.0399 e. The van der Waals surface area contributed by atoms with Crippen molar-refractivity contribution in [1.82, 2.24) is 0 Å². The van der Waals surface area contributed by atoms with E-state index in [1.54, 1.807) is 0 Å². The van der Waals surface area contributed by atoms with Crippen LogP contribution in [0.4, 0.5) is 0 Å². The molecule has 0 nitrogen and oxygen atoms in total. The largest absolute Gasteiger partial charge is 0.143 e. The Kier molecular flexibility index (Phi) is 3.85. The molecule has 0 aliphatic carbocycles. The molecule has 0 heterocycles. The highest BCUT2D eigenvalue weighted by Gasteiger charge is 2.21. The van der Waals surface area contributed by atoms with Gasteiger partial charge in [-0.2, -0.15) is 0 Å². The Morgan fingerprint density at radius 3 is 2.06 bits per heavy atom. The highest BCUT2D eigenvalue weighted by Crippen LogP contribution is 2.40. The van der Waals surface area contributed by atoms with Gasteiger partial charge in [-0.3, -0.25) is 0 Å². The van der Waals surface area contributed by atoms with Crippen LogP contribution in [0.15, 0.2) is 64.4 Å². The van der Waals surface area contributed by atoms with Gasteiger partial charge in [-0.15, -0.1) is 24.4 Å². The molecule has 0 radical (unpaired) electrons. The van der Waals surface area contributed by atoms with Crippen LogP contribution in [-0.4, -0.2) is 0 Å². The lowest BCUT2D eigenvalue weighted by Crippen LogP contribution is -2.11. The molecule has 0 saturated heterocycles. The number of rotatable bonds is 3. The highest BCUT2D eigenvalue weighted by atomic mass is 32.2. The quantitative estimate of drug-likeness (QED) is 0.598. The van der Waals surface area contributed by atoms with Crippen LogP contribution in [0.5, 0.6) is 0 Å². The number of hydrogen-bond donors (Lipinski definition) is 1. The van der Waals surface area contributed by atoms with Crippen molar-refractivity contribution in [3.05, 3.63) is 60.2 Å². The van der Waals surface area contributed by atoms with Crippen molar-refractivity contribution in [3.8, 4) is 0 Å². The maximum Gasteiger partial charge on any atom is 0.0399 e. The molecule has 0 aromatic heterocycles. The van der Waals surface area contributed by atoms with Gasteiger partial charge in [0, 0.05) is 14.5 Å². The molecule has 2 aromatic carbocycles. The third-order valence-corrected chi connectivity index (χ3v) is 4.23. The van der Waals surface area contributed by atoms with E-state index in [9.17, 15) is 0 Å². The molecular formula is C15H16S2. The number of benzene rings is 2. The minimum atomic E-state index is 0.0827. The normalized spacial score (nSPS) is 11.5. The fraction of sp³-hybridized carbons (Fsp3) is 0.200. The molecule has 0 fully saturated rings. The summed E-state index contributed by atoms with van der Waals surface area (Å²) >= 11 is 6.18. The minimum Gasteiger partial charge on any atom is -0.143 e. The van der Waals surface area contributed by atoms with Crippen LogP contribution in [0.25, 0.3) is 0 Å². The van der Waals surface area contributed by atoms with Gasteiger partial charge in [0.05, 0.1) is 0 Å². The van der Waals surface area contributed by atoms with Crippen molar-refractivity contribution in [1.29, 1.82) is 0 Å². The van der Waals surface area contributed by atoms with Gasteiger partial charge in [-0.1, -0.05) is 30.3 Å². The molecule has 0 bridgehead atoms. The van der Waals surface area contributed by atoms with E-state index in [1.165, 1.54) is 10.5 Å². The first-order chi connectivity index (χ1) is 8.08. The van der Waals surface area contributed by atoms with E-state index < -0.39 is 0 Å². The molecule has 2 heteroatoms. The molecule has 0 spiro atoms. The molecular weight excluding hydrogens is 244 g/mol. The average Bonchev–Trinajstić information content (AvgIpc) is 2.33. The van der Waals surface area contributed by atoms with Gasteiger partial charge >= 0.3 is 0 Å². The van der Waals surface area contributed by atoms with E-state index in [0.717, 1.165) is 4.90 Å². The number of hydrogen-bond acceptors (Lipinski definition) is 2. The maximum atomic E-state index is 4.30. The van der Waals surface area contributed by atoms with Gasteiger partial charge in [0.1, 0.15) is 0 Å². The van der Waals surface area contributed by atoms with Crippen LogP contribution in [0, 0.1) is 0 Å². The molecule has 0 atom stereocenters. The van der Waals surface area contributed by atoms with E-state index in [0.29, 0.717) is 0 Å². The zero-order chi connectivity index (χ0) is 12.3. The molecule has 2 aromatic rings. The molecule has 17 heavy (non-hydrogen) atoms. The third kappa shape index (κ3) is 3.30. The highest BCUT2D eigenvalue weighted by molar-refractivity contribution is 8.00. The minimum absolute atomic E-state index is 0.0827. The summed E-state index contributed by atoms with van der Waals surface area (Å²) < 4.78 is 0.0827. The van der Waals surface area contributed by atoms with E-state index in [1.807, 2.05) is 23.9 Å². The van der Waals surface area contributed by atoms with Crippen molar-refractivity contribution >= 4 is 24.4 Å². The monoisotopic (exact) mass is 260 g/mol. The SMILES string of the molecule is CC(C)(Sc1ccc(S)cc1)c1ccccc1. The number of thiol groups is 1. The van der Waals surface area contributed by atoms with Crippen LogP contribution >= 0.6 is 24.4 Å². The van der Waals surface area contributed by atoms with Crippen LogP contribution in [0.1, 0.15) is 19.4 Å². The first-order valence-electron chi connectivity index (χ1n) is 5.61. The summed E-state index contributed by atoms with van der Waals surface area (Å²) in [4.78, 5) is 2.28. The molecule has 0 aliphatic heterocycles. The predicted octanol–water partition coefficient (Wildman–Crippen LogP) is 5.00. The Morgan fingerprint density at radius 2 is 1.47 bits per heavy atom. The Balaban J connectivity index is 2.20. The molecule has 88 valence electrons. The molecule has 0 N–H and O–H groups in total. The van der Waals surface area contributed by atoms with Crippen LogP contribution in [-0.2, 0) is 4.75 Å². The lowest BCUT2D eigenvalue weighted by atomic mass is 10.0. The molecule has 0 unspecified atom stereocenters. The molecule has 0 amide bonds. The topological polar surface area (TPSA) is 0 Å². The summed E-state index contributed by atoms with van der Waals surface area (Å²) in [5.74, 6) is 0. The second-order valence-corrected chi connectivity index (χ2v) is 6.68. The van der Waals surface area contributed by atoms with Crippen molar-refractivity contribution in [2.45, 2.75) is 28.4 Å². The van der Waals surface area contributed by atoms with Gasteiger partial charge in [0.2, 0.25) is 0 Å². The zero-order valence-corrected chi connectivity index (χ0v) is 11.8. The Labute approximate surface area is 113 Å². The summed E-state index contributed by atoms with van der Waals surface area (Å²) in [5, 5.41) is 0. The van der Waals surface area contributed by atoms with Gasteiger partial charge in [-0.25, -0.2) is 0 Å². The van der Waals surface area contributed by atoms with Crippen molar-refractivity contribution in [3.63, 3.8) is 0 Å². The van der Waals surface area contributed by atoms with Crippen molar-refractivity contribution < 1.29 is 0 Å². The summed E-state index contributed by atoms with van der Waals surface area (Å²) in [6.45, 7) is 4.50. The van der Waals surface area contributed by atoms with E-state index in [-0.39, 0.29) is 4.75 Å². The lowest BCUT2D eigenvalue weighted by Gasteiger charge is -2.24. The Morgan fingerprint density at radius 1 is 0.882 bits per heavy atom. The van der Waals surface area contributed by atoms with Gasteiger partial charge < -0.3 is 0 Å². The second-order valence-electron chi connectivity index (χ2n) is 4.47. The van der Waals surface area contributed by atoms with E-state index in [4.69, 9.17) is 0 Å². The predicted molar refractivity (Wildman–Crippen MR) is 79.0 cm³/mol. The molecule has 0 saturated carbocycles. The second kappa shape index (κ2) is 5.19. The van der Waals surface area contributed by atoms with Crippen LogP contribution in [0.3, 0.4) is 0 Å². The van der Waals surface area contributed by atoms with Crippen LogP contribution < -0.4 is 0 Å². The van der Waals surface area contributed by atoms with Gasteiger partial charge in [0.15, 0.2) is 0 Å². The van der Waals surface area contributed by atoms with Gasteiger partial charge in [-0.05, 0) is 43.7 Å². The fourth-order valence-corrected chi connectivity index (χ4v) is 2.97. The van der Waals surface area contributed by atoms with E-state index >= 15 is 0 Å². The summed E-state index contributed by atoms with van der Waals surface area (Å²) in [6, 6.07) is 18.9. The Bertz CT molecular complexity index is 472. The van der Waals surface area contributed by atoms with Crippen molar-refractivity contribution in [2.24, 2.45) is 0 Å². The first kappa shape index (κ1) is 12.6. The summed E-state index contributed by atoms with van der Waals surface area (Å²) in [5.41, 5.74) is 1.35. The van der Waals surface area contributed by atoms with Gasteiger partial charge in [0.25, 0.3) is 0 Å². The van der Waals surface area contributed by atoms with Crippen molar-refractivity contribution in [2.75, 3.05) is 0 Å². The fourth-order valence-electron chi connectivity index (χ4n) is 1.71. The molecule has 0 aliphatic rings. The first-order valence-corrected chi connectivity index (χ1v) is 6.88. The zero-order valence-electron chi connectivity index (χ0n) is 10.1.